The Morgan fingerprint density at radius 2 is 0.792 bits per heavy atom. The molecule has 0 fully saturated rings. The van der Waals surface area contributed by atoms with Gasteiger partial charge in [-0.1, -0.05) is 241 Å². The van der Waals surface area contributed by atoms with E-state index in [0.29, 0.717) is 23.9 Å². The molecule has 3 unspecified atom stereocenters. The van der Waals surface area contributed by atoms with Crippen LogP contribution in [0.4, 0.5) is 0 Å². The summed E-state index contributed by atoms with van der Waals surface area (Å²) in [6.45, 7) is 6.95. The molecule has 0 saturated heterocycles. The monoisotopic (exact) mass is 1100 g/mol. The van der Waals surface area contributed by atoms with E-state index < -0.39 is 20.0 Å². The van der Waals surface area contributed by atoms with Gasteiger partial charge in [0.25, 0.3) is 0 Å². The summed E-state index contributed by atoms with van der Waals surface area (Å²) in [4.78, 5) is 37.8. The van der Waals surface area contributed by atoms with Crippen molar-refractivity contribution in [2.24, 2.45) is 0 Å². The van der Waals surface area contributed by atoms with E-state index in [4.69, 9.17) is 13.8 Å². The van der Waals surface area contributed by atoms with E-state index in [1.165, 1.54) is 128 Å². The van der Waals surface area contributed by atoms with Crippen LogP contribution in [-0.4, -0.2) is 74.3 Å². The molecule has 0 saturated carbocycles. The van der Waals surface area contributed by atoms with E-state index in [1.54, 1.807) is 0 Å². The average molecular weight is 1100 g/mol. The van der Waals surface area contributed by atoms with Crippen molar-refractivity contribution in [3.8, 4) is 0 Å². The Balaban J connectivity index is 5.32. The fourth-order valence-electron chi connectivity index (χ4n) is 8.84. The summed E-state index contributed by atoms with van der Waals surface area (Å²) >= 11 is 0. The highest BCUT2D eigenvalue weighted by molar-refractivity contribution is 7.47. The molecule has 1 amide bonds. The number of likely N-dealkylation sites (N-methyl/N-ethyl adjacent to an activating group) is 1. The topological polar surface area (TPSA) is 111 Å². The zero-order valence-electron chi connectivity index (χ0n) is 50.9. The number of hydrogen-bond donors (Lipinski definition) is 2. The molecular formula is C67H122N2O7P+. The van der Waals surface area contributed by atoms with Crippen molar-refractivity contribution in [3.05, 3.63) is 85.1 Å². The lowest BCUT2D eigenvalue weighted by atomic mass is 10.0. The number of nitrogens with zero attached hydrogens (tertiary/aromatic N) is 1. The van der Waals surface area contributed by atoms with Gasteiger partial charge in [0.2, 0.25) is 5.91 Å². The van der Waals surface area contributed by atoms with Gasteiger partial charge in [-0.2, -0.15) is 0 Å². The van der Waals surface area contributed by atoms with Crippen LogP contribution in [0, 0.1) is 0 Å². The van der Waals surface area contributed by atoms with Crippen LogP contribution in [0.25, 0.3) is 0 Å². The van der Waals surface area contributed by atoms with Crippen LogP contribution in [0.5, 0.6) is 0 Å². The van der Waals surface area contributed by atoms with Crippen molar-refractivity contribution in [3.63, 3.8) is 0 Å². The first-order chi connectivity index (χ1) is 37.4. The fourth-order valence-corrected chi connectivity index (χ4v) is 9.57. The van der Waals surface area contributed by atoms with Crippen molar-refractivity contribution >= 4 is 19.7 Å². The van der Waals surface area contributed by atoms with Gasteiger partial charge in [0, 0.05) is 12.8 Å². The standard InChI is InChI=1S/C67H121N2O7P/c1-7-10-13-16-19-22-25-28-30-32-33-34-35-37-39-42-45-48-51-54-57-60-67(71)76-65(58-55-52-49-46-43-40-27-24-21-18-15-12-9-3)64(63-75-77(72,73)74-62-61-69(4,5)6)68-66(70)59-56-53-50-47-44-41-38-36-31-29-26-23-20-17-14-11-8-2/h19-20,22-23,28-31,33-34,37,39,55,58,64-65H,7-18,21,24-27,32,35-36,38,40-54,56-57,59-63H2,1-6H3,(H-,68,70,72,73)/p+1/b22-19-,23-20-,30-28-,31-29-,34-33-,39-37-,58-55+. The van der Waals surface area contributed by atoms with E-state index in [-0.39, 0.29) is 31.5 Å². The van der Waals surface area contributed by atoms with Crippen LogP contribution < -0.4 is 5.32 Å². The summed E-state index contributed by atoms with van der Waals surface area (Å²) in [5.41, 5.74) is 0. The summed E-state index contributed by atoms with van der Waals surface area (Å²) in [7, 11) is 1.47. The predicted octanol–water partition coefficient (Wildman–Crippen LogP) is 19.8. The Labute approximate surface area is 476 Å². The van der Waals surface area contributed by atoms with Gasteiger partial charge in [-0.25, -0.2) is 4.57 Å². The van der Waals surface area contributed by atoms with Crippen molar-refractivity contribution in [2.75, 3.05) is 40.9 Å². The summed E-state index contributed by atoms with van der Waals surface area (Å²) in [6.07, 6.45) is 74.3. The first-order valence-electron chi connectivity index (χ1n) is 31.9. The van der Waals surface area contributed by atoms with Crippen LogP contribution >= 0.6 is 7.82 Å². The molecule has 446 valence electrons. The minimum Gasteiger partial charge on any atom is -0.456 e. The van der Waals surface area contributed by atoms with Crippen LogP contribution in [0.2, 0.25) is 0 Å². The molecular weight excluding hydrogens is 976 g/mol. The molecule has 0 bridgehead atoms. The number of amides is 1. The zero-order chi connectivity index (χ0) is 56.4. The van der Waals surface area contributed by atoms with Crippen molar-refractivity contribution in [1.82, 2.24) is 5.32 Å². The highest BCUT2D eigenvalue weighted by Crippen LogP contribution is 2.43. The number of rotatable bonds is 57. The first kappa shape index (κ1) is 74.2. The minimum atomic E-state index is -4.46. The number of nitrogens with one attached hydrogen (secondary N) is 1. The Kier molecular flexibility index (Phi) is 54.4. The normalized spacial score (nSPS) is 14.2. The predicted molar refractivity (Wildman–Crippen MR) is 332 cm³/mol. The van der Waals surface area contributed by atoms with E-state index in [1.807, 2.05) is 33.3 Å². The van der Waals surface area contributed by atoms with Gasteiger partial charge in [-0.3, -0.25) is 18.6 Å². The number of phosphoric acid groups is 1. The highest BCUT2D eigenvalue weighted by Gasteiger charge is 2.30. The molecule has 10 heteroatoms. The van der Waals surface area contributed by atoms with Crippen LogP contribution in [0.15, 0.2) is 85.1 Å². The molecule has 0 heterocycles. The highest BCUT2D eigenvalue weighted by atomic mass is 31.2. The maximum atomic E-state index is 13.6. The van der Waals surface area contributed by atoms with E-state index in [0.717, 1.165) is 109 Å². The van der Waals surface area contributed by atoms with Crippen molar-refractivity contribution < 1.29 is 37.3 Å². The maximum absolute atomic E-state index is 13.6. The molecule has 0 aromatic rings. The number of hydrogen-bond acceptors (Lipinski definition) is 6. The third-order valence-electron chi connectivity index (χ3n) is 13.8. The number of carbonyl (C=O) groups excluding carboxylic acids is 2. The van der Waals surface area contributed by atoms with E-state index in [2.05, 4.69) is 99.0 Å². The average Bonchev–Trinajstić information content (AvgIpc) is 3.39. The van der Waals surface area contributed by atoms with Gasteiger partial charge >= 0.3 is 13.8 Å². The van der Waals surface area contributed by atoms with Crippen LogP contribution in [0.1, 0.15) is 278 Å². The Bertz CT molecular complexity index is 1590. The molecule has 2 N–H and O–H groups in total. The lowest BCUT2D eigenvalue weighted by Crippen LogP contribution is -2.47. The molecule has 0 radical (unpaired) electrons. The number of ether oxygens (including phenoxy) is 1. The Morgan fingerprint density at radius 3 is 1.21 bits per heavy atom. The second kappa shape index (κ2) is 56.5. The van der Waals surface area contributed by atoms with Crippen molar-refractivity contribution in [2.45, 2.75) is 290 Å². The molecule has 0 aromatic carbocycles. The summed E-state index contributed by atoms with van der Waals surface area (Å²) < 4.78 is 30.7. The van der Waals surface area contributed by atoms with Gasteiger partial charge in [0.15, 0.2) is 0 Å². The number of unbranched alkanes of at least 4 members (excludes halogenated alkanes) is 29. The minimum absolute atomic E-state index is 0.0320. The van der Waals surface area contributed by atoms with Gasteiger partial charge in [-0.05, 0) is 109 Å². The summed E-state index contributed by atoms with van der Waals surface area (Å²) in [6, 6.07) is -0.865. The van der Waals surface area contributed by atoms with Crippen molar-refractivity contribution in [1.29, 1.82) is 0 Å². The van der Waals surface area contributed by atoms with Crippen LogP contribution in [-0.2, 0) is 27.9 Å². The maximum Gasteiger partial charge on any atom is 0.472 e. The smallest absolute Gasteiger partial charge is 0.456 e. The van der Waals surface area contributed by atoms with Gasteiger partial charge in [0.05, 0.1) is 33.8 Å². The molecule has 0 aliphatic rings. The SMILES string of the molecule is CCCCC/C=C\C/C=C\C/C=C\C/C=C\CCCCCCCC(=O)OC(/C=C/CCCCCCCCCCCCC)C(COP(=O)(O)OCC[N+](C)(C)C)NC(=O)CCCCCCCCC/C=C\C/C=C\CCCCC. The lowest BCUT2D eigenvalue weighted by molar-refractivity contribution is -0.870. The molecule has 3 atom stereocenters. The quantitative estimate of drug-likeness (QED) is 0.0205. The molecule has 9 nitrogen and oxygen atoms in total. The number of phosphoric ester groups is 1. The molecule has 0 spiro atoms. The second-order valence-electron chi connectivity index (χ2n) is 22.6. The number of allylic oxidation sites excluding steroid dienone is 13. The fraction of sp³-hybridized carbons (Fsp3) is 0.761. The van der Waals surface area contributed by atoms with Gasteiger partial charge in [0.1, 0.15) is 19.3 Å². The lowest BCUT2D eigenvalue weighted by Gasteiger charge is -2.27. The van der Waals surface area contributed by atoms with Crippen LogP contribution in [0.3, 0.4) is 0 Å². The third-order valence-corrected chi connectivity index (χ3v) is 14.8. The summed E-state index contributed by atoms with van der Waals surface area (Å²) in [5.74, 6) is -0.534. The first-order valence-corrected chi connectivity index (χ1v) is 33.4. The Hall–Kier alpha value is -2.81. The number of quaternary nitrogens is 1. The van der Waals surface area contributed by atoms with E-state index in [9.17, 15) is 19.0 Å². The third kappa shape index (κ3) is 57.7. The second-order valence-corrected chi connectivity index (χ2v) is 24.0. The molecule has 0 aliphatic heterocycles. The molecule has 0 aromatic heterocycles. The number of esters is 1. The molecule has 0 aliphatic carbocycles. The van der Waals surface area contributed by atoms with Gasteiger partial charge in [-0.15, -0.1) is 0 Å². The molecule has 77 heavy (non-hydrogen) atoms. The molecule has 0 rings (SSSR count). The largest absolute Gasteiger partial charge is 0.472 e. The Morgan fingerprint density at radius 1 is 0.455 bits per heavy atom. The van der Waals surface area contributed by atoms with Gasteiger partial charge < -0.3 is 19.4 Å². The number of carbonyl (C=O) groups is 2. The van der Waals surface area contributed by atoms with E-state index >= 15 is 0 Å². The summed E-state index contributed by atoms with van der Waals surface area (Å²) in [5, 5.41) is 3.05. The zero-order valence-corrected chi connectivity index (χ0v) is 51.8.